The predicted octanol–water partition coefficient (Wildman–Crippen LogP) is 2.76. The lowest BCUT2D eigenvalue weighted by Crippen LogP contribution is -2.28. The molecule has 0 amide bonds. The zero-order valence-corrected chi connectivity index (χ0v) is 17.5. The van der Waals surface area contributed by atoms with E-state index in [9.17, 15) is 23.5 Å². The maximum absolute atomic E-state index is 15.4. The minimum absolute atomic E-state index is 0.00893. The summed E-state index contributed by atoms with van der Waals surface area (Å²) in [5.41, 5.74) is 4.02. The molecule has 1 aromatic heterocycles. The van der Waals surface area contributed by atoms with Crippen LogP contribution in [0.2, 0.25) is 0 Å². The number of methoxy groups -OCH3 is 1. The Hall–Kier alpha value is -3.53. The number of benzene rings is 2. The minimum Gasteiger partial charge on any atom is -0.492 e. The van der Waals surface area contributed by atoms with Crippen molar-refractivity contribution >= 4 is 22.6 Å². The number of hydrogen-bond donors (Lipinski definition) is 2. The molecule has 7 nitrogen and oxygen atoms in total. The van der Waals surface area contributed by atoms with E-state index in [4.69, 9.17) is 10.5 Å². The molecule has 33 heavy (non-hydrogen) atoms. The Bertz CT molecular complexity index is 1360. The maximum Gasteiger partial charge on any atom is 0.341 e. The van der Waals surface area contributed by atoms with Crippen molar-refractivity contribution in [3.63, 3.8) is 0 Å². The molecule has 3 atom stereocenters. The standard InChI is InChI=1S/C23H20F3N3O4/c1-33-22-19-11(5-17(26)20(22)28-7-13-12(6-27)14(13)8-28)21(30)15(23(31)32)9-29(19)18-3-2-10(24)4-16(18)25/h2-5,9,12-14H,6-8,27H2,1H3,(H,31,32)/t12?,13-,14+. The van der Waals surface area contributed by atoms with Crippen LogP contribution in [-0.4, -0.2) is 42.4 Å². The number of aromatic carboxylic acids is 1. The third-order valence-electron chi connectivity index (χ3n) is 6.73. The highest BCUT2D eigenvalue weighted by molar-refractivity contribution is 5.98. The number of anilines is 1. The van der Waals surface area contributed by atoms with E-state index < -0.39 is 34.4 Å². The second kappa shape index (κ2) is 7.51. The first-order valence-electron chi connectivity index (χ1n) is 10.4. The molecule has 0 spiro atoms. The number of carboxylic acid groups (broad SMARTS) is 1. The van der Waals surface area contributed by atoms with Crippen molar-refractivity contribution in [1.29, 1.82) is 0 Å². The van der Waals surface area contributed by atoms with E-state index in [1.165, 1.54) is 7.11 Å². The van der Waals surface area contributed by atoms with E-state index in [2.05, 4.69) is 0 Å². The van der Waals surface area contributed by atoms with Crippen molar-refractivity contribution < 1.29 is 27.8 Å². The molecule has 3 N–H and O–H groups in total. The maximum atomic E-state index is 15.4. The zero-order valence-electron chi connectivity index (χ0n) is 17.5. The molecule has 0 radical (unpaired) electrons. The molecule has 3 aromatic rings. The van der Waals surface area contributed by atoms with Crippen molar-refractivity contribution in [3.8, 4) is 11.4 Å². The average molecular weight is 459 g/mol. The number of aromatic nitrogens is 1. The van der Waals surface area contributed by atoms with Crippen LogP contribution in [0.25, 0.3) is 16.6 Å². The van der Waals surface area contributed by atoms with Crippen molar-refractivity contribution in [2.75, 3.05) is 31.6 Å². The van der Waals surface area contributed by atoms with Gasteiger partial charge < -0.3 is 25.0 Å². The Morgan fingerprint density at radius 1 is 1.18 bits per heavy atom. The third-order valence-corrected chi connectivity index (χ3v) is 6.73. The first kappa shape index (κ1) is 21.3. The molecule has 1 saturated heterocycles. The number of ether oxygens (including phenoxy) is 1. The number of halogens is 3. The van der Waals surface area contributed by atoms with Crippen molar-refractivity contribution in [2.24, 2.45) is 23.5 Å². The number of nitrogens with zero attached hydrogens (tertiary/aromatic N) is 2. The van der Waals surface area contributed by atoms with Crippen LogP contribution in [0.1, 0.15) is 10.4 Å². The SMILES string of the molecule is COc1c(N2C[C@@H]3C(CN)[C@@H]3C2)c(F)cc2c(=O)c(C(=O)O)cn(-c3ccc(F)cc3F)c12. The van der Waals surface area contributed by atoms with E-state index in [1.807, 2.05) is 0 Å². The number of fused-ring (bicyclic) bond motifs is 2. The van der Waals surface area contributed by atoms with Gasteiger partial charge in [0, 0.05) is 25.4 Å². The Morgan fingerprint density at radius 2 is 1.88 bits per heavy atom. The second-order valence-corrected chi connectivity index (χ2v) is 8.41. The van der Waals surface area contributed by atoms with Crippen LogP contribution in [0.3, 0.4) is 0 Å². The van der Waals surface area contributed by atoms with Crippen LogP contribution >= 0.6 is 0 Å². The molecule has 1 saturated carbocycles. The van der Waals surface area contributed by atoms with Crippen molar-refractivity contribution in [1.82, 2.24) is 4.57 Å². The van der Waals surface area contributed by atoms with E-state index in [0.717, 1.165) is 29.0 Å². The van der Waals surface area contributed by atoms with Crippen LogP contribution in [0, 0.1) is 35.2 Å². The number of carboxylic acids is 1. The van der Waals surface area contributed by atoms with Gasteiger partial charge in [-0.25, -0.2) is 18.0 Å². The van der Waals surface area contributed by atoms with Crippen LogP contribution in [0.5, 0.6) is 5.75 Å². The van der Waals surface area contributed by atoms with Gasteiger partial charge in [-0.05, 0) is 42.5 Å². The monoisotopic (exact) mass is 459 g/mol. The van der Waals surface area contributed by atoms with E-state index >= 15 is 4.39 Å². The van der Waals surface area contributed by atoms with Gasteiger partial charge in [0.1, 0.15) is 28.4 Å². The normalized spacial score (nSPS) is 21.4. The number of piperidine rings is 1. The highest BCUT2D eigenvalue weighted by Crippen LogP contribution is 2.53. The minimum atomic E-state index is -1.56. The fourth-order valence-corrected chi connectivity index (χ4v) is 5.10. The zero-order chi connectivity index (χ0) is 23.6. The molecule has 0 bridgehead atoms. The molecule has 2 aromatic carbocycles. The Kier molecular flexibility index (Phi) is 4.86. The van der Waals surface area contributed by atoms with Crippen molar-refractivity contribution in [2.45, 2.75) is 0 Å². The summed E-state index contributed by atoms with van der Waals surface area (Å²) in [4.78, 5) is 26.4. The van der Waals surface area contributed by atoms with Crippen LogP contribution in [0.15, 0.2) is 35.3 Å². The van der Waals surface area contributed by atoms with Gasteiger partial charge in [0.15, 0.2) is 11.6 Å². The molecular weight excluding hydrogens is 439 g/mol. The van der Waals surface area contributed by atoms with Gasteiger partial charge in [0.05, 0.1) is 18.2 Å². The first-order valence-corrected chi connectivity index (χ1v) is 10.4. The fourth-order valence-electron chi connectivity index (χ4n) is 5.10. The molecule has 1 aliphatic heterocycles. The highest BCUT2D eigenvalue weighted by Gasteiger charge is 2.55. The summed E-state index contributed by atoms with van der Waals surface area (Å²) in [6.45, 7) is 1.66. The lowest BCUT2D eigenvalue weighted by atomic mass is 10.1. The Morgan fingerprint density at radius 3 is 2.45 bits per heavy atom. The molecule has 2 aliphatic rings. The molecule has 1 unspecified atom stereocenters. The summed E-state index contributed by atoms with van der Waals surface area (Å²) in [5, 5.41) is 9.21. The number of rotatable bonds is 5. The van der Waals surface area contributed by atoms with E-state index in [-0.39, 0.29) is 28.0 Å². The molecule has 2 heterocycles. The van der Waals surface area contributed by atoms with Gasteiger partial charge in [-0.3, -0.25) is 4.79 Å². The molecule has 10 heteroatoms. The third kappa shape index (κ3) is 3.16. The fraction of sp³-hybridized carbons (Fsp3) is 0.304. The van der Waals surface area contributed by atoms with Gasteiger partial charge in [-0.2, -0.15) is 0 Å². The summed E-state index contributed by atoms with van der Waals surface area (Å²) in [6.07, 6.45) is 0.944. The van der Waals surface area contributed by atoms with Crippen LogP contribution in [-0.2, 0) is 0 Å². The lowest BCUT2D eigenvalue weighted by molar-refractivity contribution is 0.0695. The van der Waals surface area contributed by atoms with Gasteiger partial charge in [0.2, 0.25) is 5.43 Å². The molecular formula is C23H20F3N3O4. The van der Waals surface area contributed by atoms with Crippen molar-refractivity contribution in [3.05, 3.63) is 63.7 Å². The Balaban J connectivity index is 1.81. The average Bonchev–Trinajstić information content (AvgIpc) is 3.24. The molecule has 2 fully saturated rings. The van der Waals surface area contributed by atoms with Crippen LogP contribution < -0.4 is 20.8 Å². The van der Waals surface area contributed by atoms with Gasteiger partial charge >= 0.3 is 5.97 Å². The summed E-state index contributed by atoms with van der Waals surface area (Å²) in [5.74, 6) is -3.11. The quantitative estimate of drug-likeness (QED) is 0.609. The van der Waals surface area contributed by atoms with Gasteiger partial charge in [-0.15, -0.1) is 0 Å². The lowest BCUT2D eigenvalue weighted by Gasteiger charge is -2.26. The number of carbonyl (C=O) groups is 1. The topological polar surface area (TPSA) is 97.8 Å². The highest BCUT2D eigenvalue weighted by atomic mass is 19.1. The van der Waals surface area contributed by atoms with Gasteiger partial charge in [-0.1, -0.05) is 0 Å². The Labute approximate surface area is 185 Å². The number of nitrogens with two attached hydrogens (primary N) is 1. The summed E-state index contributed by atoms with van der Waals surface area (Å²) < 4.78 is 50.2. The smallest absolute Gasteiger partial charge is 0.341 e. The molecule has 5 rings (SSSR count). The summed E-state index contributed by atoms with van der Waals surface area (Å²) in [7, 11) is 1.29. The molecule has 1 aliphatic carbocycles. The largest absolute Gasteiger partial charge is 0.492 e. The van der Waals surface area contributed by atoms with Crippen LogP contribution in [0.4, 0.5) is 18.9 Å². The number of hydrogen-bond acceptors (Lipinski definition) is 5. The molecule has 172 valence electrons. The predicted molar refractivity (Wildman–Crippen MR) is 115 cm³/mol. The first-order chi connectivity index (χ1) is 15.8. The van der Waals surface area contributed by atoms with Gasteiger partial charge in [0.25, 0.3) is 0 Å². The summed E-state index contributed by atoms with van der Waals surface area (Å²) in [6, 6.07) is 3.70. The van der Waals surface area contributed by atoms with E-state index in [0.29, 0.717) is 43.5 Å². The summed E-state index contributed by atoms with van der Waals surface area (Å²) >= 11 is 0. The second-order valence-electron chi connectivity index (χ2n) is 8.41. The number of pyridine rings is 1. The van der Waals surface area contributed by atoms with E-state index in [1.54, 1.807) is 4.90 Å².